The Morgan fingerprint density at radius 1 is 1.00 bits per heavy atom. The molecule has 5 heteroatoms. The van der Waals surface area contributed by atoms with Crippen molar-refractivity contribution < 1.29 is 8.78 Å². The summed E-state index contributed by atoms with van der Waals surface area (Å²) < 4.78 is 26.5. The summed E-state index contributed by atoms with van der Waals surface area (Å²) in [6, 6.07) is 8.08. The number of nitrogens with one attached hydrogen (secondary N) is 1. The Balaban J connectivity index is 1.88. The standard InChI is InChI=1S/C16H13Cl2F2N/c17-13-5-9(1-2-10(13)8-21-11-3-4-11)12-6-15(19)16(20)7-14(12)18/h1-2,5-7,11,21H,3-4,8H2. The average Bonchev–Trinajstić information content (AvgIpc) is 3.25. The molecule has 1 nitrogen and oxygen atoms in total. The zero-order valence-electron chi connectivity index (χ0n) is 11.1. The molecule has 1 aliphatic carbocycles. The van der Waals surface area contributed by atoms with Crippen LogP contribution in [0.5, 0.6) is 0 Å². The lowest BCUT2D eigenvalue weighted by Crippen LogP contribution is -2.15. The molecule has 0 amide bonds. The molecule has 0 saturated heterocycles. The molecule has 110 valence electrons. The van der Waals surface area contributed by atoms with E-state index in [0.29, 0.717) is 28.7 Å². The van der Waals surface area contributed by atoms with Crippen molar-refractivity contribution in [1.82, 2.24) is 5.32 Å². The molecular formula is C16H13Cl2F2N. The predicted molar refractivity (Wildman–Crippen MR) is 81.7 cm³/mol. The zero-order chi connectivity index (χ0) is 15.0. The van der Waals surface area contributed by atoms with Crippen LogP contribution in [0.3, 0.4) is 0 Å². The Labute approximate surface area is 131 Å². The number of hydrogen-bond acceptors (Lipinski definition) is 1. The first-order chi connectivity index (χ1) is 10.0. The van der Waals surface area contributed by atoms with Crippen LogP contribution >= 0.6 is 23.2 Å². The number of rotatable bonds is 4. The largest absolute Gasteiger partial charge is 0.310 e. The smallest absolute Gasteiger partial charge is 0.160 e. The van der Waals surface area contributed by atoms with E-state index in [2.05, 4.69) is 5.32 Å². The van der Waals surface area contributed by atoms with E-state index in [9.17, 15) is 8.78 Å². The Kier molecular flexibility index (Phi) is 4.16. The Morgan fingerprint density at radius 3 is 2.38 bits per heavy atom. The quantitative estimate of drug-likeness (QED) is 0.762. The first kappa shape index (κ1) is 14.8. The predicted octanol–water partition coefficient (Wildman–Crippen LogP) is 5.19. The van der Waals surface area contributed by atoms with Gasteiger partial charge in [-0.05, 0) is 42.2 Å². The van der Waals surface area contributed by atoms with Gasteiger partial charge in [-0.25, -0.2) is 8.78 Å². The first-order valence-corrected chi connectivity index (χ1v) is 7.47. The minimum Gasteiger partial charge on any atom is -0.310 e. The van der Waals surface area contributed by atoms with Crippen molar-refractivity contribution >= 4 is 23.2 Å². The fourth-order valence-electron chi connectivity index (χ4n) is 2.14. The van der Waals surface area contributed by atoms with Gasteiger partial charge in [0.1, 0.15) is 0 Å². The van der Waals surface area contributed by atoms with Crippen molar-refractivity contribution in [3.8, 4) is 11.1 Å². The summed E-state index contributed by atoms with van der Waals surface area (Å²) in [5.41, 5.74) is 2.07. The van der Waals surface area contributed by atoms with Crippen molar-refractivity contribution in [1.29, 1.82) is 0 Å². The van der Waals surface area contributed by atoms with Gasteiger partial charge in [-0.2, -0.15) is 0 Å². The van der Waals surface area contributed by atoms with E-state index < -0.39 is 11.6 Å². The number of benzene rings is 2. The molecule has 0 spiro atoms. The minimum atomic E-state index is -0.958. The molecule has 1 saturated carbocycles. The molecule has 1 fully saturated rings. The fourth-order valence-corrected chi connectivity index (χ4v) is 2.65. The summed E-state index contributed by atoms with van der Waals surface area (Å²) in [6.07, 6.45) is 2.42. The topological polar surface area (TPSA) is 12.0 Å². The highest BCUT2D eigenvalue weighted by Crippen LogP contribution is 2.32. The van der Waals surface area contributed by atoms with Crippen LogP contribution in [0.1, 0.15) is 18.4 Å². The van der Waals surface area contributed by atoms with Gasteiger partial charge in [0.05, 0.1) is 5.02 Å². The van der Waals surface area contributed by atoms with Crippen LogP contribution in [0.2, 0.25) is 10.0 Å². The van der Waals surface area contributed by atoms with Gasteiger partial charge in [-0.1, -0.05) is 35.3 Å². The SMILES string of the molecule is Fc1cc(Cl)c(-c2ccc(CNC3CC3)c(Cl)c2)cc1F. The molecule has 0 bridgehead atoms. The minimum absolute atomic E-state index is 0.161. The Bertz CT molecular complexity index is 684. The third kappa shape index (κ3) is 3.37. The maximum atomic E-state index is 13.4. The Morgan fingerprint density at radius 2 is 1.71 bits per heavy atom. The third-order valence-corrected chi connectivity index (χ3v) is 4.20. The fraction of sp³-hybridized carbons (Fsp3) is 0.250. The van der Waals surface area contributed by atoms with Crippen molar-refractivity contribution in [2.24, 2.45) is 0 Å². The summed E-state index contributed by atoms with van der Waals surface area (Å²) in [5.74, 6) is -1.88. The van der Waals surface area contributed by atoms with E-state index in [1.54, 1.807) is 6.07 Å². The summed E-state index contributed by atoms with van der Waals surface area (Å²) >= 11 is 12.2. The van der Waals surface area contributed by atoms with Crippen LogP contribution in [0.15, 0.2) is 30.3 Å². The highest BCUT2D eigenvalue weighted by Gasteiger charge is 2.20. The molecule has 1 aliphatic rings. The monoisotopic (exact) mass is 327 g/mol. The molecule has 0 unspecified atom stereocenters. The van der Waals surface area contributed by atoms with E-state index in [-0.39, 0.29) is 5.02 Å². The van der Waals surface area contributed by atoms with Crippen LogP contribution in [0.4, 0.5) is 8.78 Å². The van der Waals surface area contributed by atoms with Gasteiger partial charge in [-0.15, -0.1) is 0 Å². The molecule has 0 aromatic heterocycles. The molecule has 0 heterocycles. The summed E-state index contributed by atoms with van der Waals surface area (Å²) in [5, 5.41) is 4.13. The first-order valence-electron chi connectivity index (χ1n) is 6.71. The average molecular weight is 328 g/mol. The second-order valence-corrected chi connectivity index (χ2v) is 6.02. The number of halogens is 4. The van der Waals surface area contributed by atoms with Crippen molar-refractivity contribution in [3.63, 3.8) is 0 Å². The molecule has 0 radical (unpaired) electrons. The van der Waals surface area contributed by atoms with Gasteiger partial charge >= 0.3 is 0 Å². The highest BCUT2D eigenvalue weighted by atomic mass is 35.5. The van der Waals surface area contributed by atoms with Crippen molar-refractivity contribution in [3.05, 3.63) is 57.6 Å². The van der Waals surface area contributed by atoms with Crippen LogP contribution < -0.4 is 5.32 Å². The molecule has 2 aromatic rings. The van der Waals surface area contributed by atoms with Gasteiger partial charge in [0.2, 0.25) is 0 Å². The van der Waals surface area contributed by atoms with Gasteiger partial charge < -0.3 is 5.32 Å². The van der Waals surface area contributed by atoms with Gasteiger partial charge in [-0.3, -0.25) is 0 Å². The molecule has 0 atom stereocenters. The molecular weight excluding hydrogens is 315 g/mol. The van der Waals surface area contributed by atoms with Crippen LogP contribution in [-0.2, 0) is 6.54 Å². The summed E-state index contributed by atoms with van der Waals surface area (Å²) in [7, 11) is 0. The maximum absolute atomic E-state index is 13.4. The van der Waals surface area contributed by atoms with Gasteiger partial charge in [0.25, 0.3) is 0 Å². The zero-order valence-corrected chi connectivity index (χ0v) is 12.6. The molecule has 2 aromatic carbocycles. The highest BCUT2D eigenvalue weighted by molar-refractivity contribution is 6.34. The van der Waals surface area contributed by atoms with E-state index in [4.69, 9.17) is 23.2 Å². The van der Waals surface area contributed by atoms with Crippen LogP contribution in [0.25, 0.3) is 11.1 Å². The molecule has 0 aliphatic heterocycles. The van der Waals surface area contributed by atoms with Crippen molar-refractivity contribution in [2.75, 3.05) is 0 Å². The summed E-state index contributed by atoms with van der Waals surface area (Å²) in [6.45, 7) is 0.704. The lowest BCUT2D eigenvalue weighted by Gasteiger charge is -2.10. The van der Waals surface area contributed by atoms with E-state index >= 15 is 0 Å². The van der Waals surface area contributed by atoms with Gasteiger partial charge in [0, 0.05) is 23.2 Å². The van der Waals surface area contributed by atoms with Crippen molar-refractivity contribution in [2.45, 2.75) is 25.4 Å². The lowest BCUT2D eigenvalue weighted by atomic mass is 10.0. The van der Waals surface area contributed by atoms with E-state index in [1.807, 2.05) is 12.1 Å². The summed E-state index contributed by atoms with van der Waals surface area (Å²) in [4.78, 5) is 0. The normalized spacial score (nSPS) is 14.5. The second-order valence-electron chi connectivity index (χ2n) is 5.21. The Hall–Kier alpha value is -1.16. The van der Waals surface area contributed by atoms with Crippen LogP contribution in [-0.4, -0.2) is 6.04 Å². The van der Waals surface area contributed by atoms with Gasteiger partial charge in [0.15, 0.2) is 11.6 Å². The molecule has 3 rings (SSSR count). The van der Waals surface area contributed by atoms with E-state index in [1.165, 1.54) is 12.8 Å². The number of hydrogen-bond donors (Lipinski definition) is 1. The van der Waals surface area contributed by atoms with Crippen LogP contribution in [0, 0.1) is 11.6 Å². The van der Waals surface area contributed by atoms with E-state index in [0.717, 1.165) is 17.7 Å². The second kappa shape index (κ2) is 5.91. The molecule has 21 heavy (non-hydrogen) atoms. The third-order valence-electron chi connectivity index (χ3n) is 3.53. The lowest BCUT2D eigenvalue weighted by molar-refractivity contribution is 0.509. The maximum Gasteiger partial charge on any atom is 0.160 e. The molecule has 1 N–H and O–H groups in total.